The third-order valence-corrected chi connectivity index (χ3v) is 3.42. The number of hydrogen-bond donors (Lipinski definition) is 1. The minimum Gasteiger partial charge on any atom is -0.733 e. The average molecular weight is 366 g/mol. The highest BCUT2D eigenvalue weighted by Crippen LogP contribution is 2.24. The zero-order valence-corrected chi connectivity index (χ0v) is 11.9. The van der Waals surface area contributed by atoms with E-state index in [4.69, 9.17) is 5.21 Å². The molecule has 1 aromatic carbocycles. The Kier molecular flexibility index (Phi) is 3.13. The topological polar surface area (TPSA) is 63.8 Å². The maximum Gasteiger partial charge on any atom is 0.137 e. The summed E-state index contributed by atoms with van der Waals surface area (Å²) < 4.78 is 3.04. The maximum absolute atomic E-state index is 10.9. The summed E-state index contributed by atoms with van der Waals surface area (Å²) in [6.45, 7) is 0. The number of benzene rings is 1. The molecule has 0 aliphatic carbocycles. The van der Waals surface area contributed by atoms with Crippen LogP contribution >= 0.6 is 22.6 Å². The normalized spacial score (nSPS) is 10.9. The van der Waals surface area contributed by atoms with Crippen LogP contribution in [-0.4, -0.2) is 14.6 Å². The number of halogens is 1. The number of hydrogen-bond acceptors (Lipinski definition) is 4. The first-order chi connectivity index (χ1) is 9.13. The molecule has 6 heteroatoms. The van der Waals surface area contributed by atoms with Gasteiger partial charge in [0.1, 0.15) is 5.65 Å². The Bertz CT molecular complexity index is 740. The van der Waals surface area contributed by atoms with E-state index >= 15 is 0 Å². The molecule has 0 amide bonds. The predicted molar refractivity (Wildman–Crippen MR) is 81.0 cm³/mol. The highest BCUT2D eigenvalue weighted by atomic mass is 127. The first-order valence-electron chi connectivity index (χ1n) is 5.54. The van der Waals surface area contributed by atoms with Crippen molar-refractivity contribution in [2.45, 2.75) is 0 Å². The van der Waals surface area contributed by atoms with Crippen molar-refractivity contribution >= 4 is 33.9 Å². The minimum atomic E-state index is -0.151. The van der Waals surface area contributed by atoms with E-state index in [1.54, 1.807) is 12.1 Å². The van der Waals surface area contributed by atoms with Gasteiger partial charge in [-0.2, -0.15) is 0 Å². The van der Waals surface area contributed by atoms with Crippen LogP contribution in [0, 0.1) is 8.78 Å². The molecule has 1 N–H and O–H groups in total. The molecule has 2 heterocycles. The van der Waals surface area contributed by atoms with Crippen LogP contribution < -0.4 is 5.23 Å². The molecule has 0 spiro atoms. The second kappa shape index (κ2) is 4.80. The summed E-state index contributed by atoms with van der Waals surface area (Å²) >= 11 is 2.24. The Morgan fingerprint density at radius 2 is 2.05 bits per heavy atom. The Balaban J connectivity index is 2.11. The molecule has 0 saturated carbocycles. The lowest BCUT2D eigenvalue weighted by atomic mass is 10.1. The van der Waals surface area contributed by atoms with Crippen molar-refractivity contribution in [3.8, 4) is 11.3 Å². The SMILES string of the molecule is [O-]N(O)c1cccc(-c2cn3cc(I)ccc3n2)c1. The second-order valence-corrected chi connectivity index (χ2v) is 5.31. The van der Waals surface area contributed by atoms with Crippen LogP contribution in [0.3, 0.4) is 0 Å². The van der Waals surface area contributed by atoms with Crippen LogP contribution in [0.2, 0.25) is 0 Å². The van der Waals surface area contributed by atoms with Gasteiger partial charge in [0.2, 0.25) is 0 Å². The van der Waals surface area contributed by atoms with Gasteiger partial charge in [-0.1, -0.05) is 12.1 Å². The van der Waals surface area contributed by atoms with Crippen molar-refractivity contribution in [2.75, 3.05) is 5.23 Å². The van der Waals surface area contributed by atoms with Crippen LogP contribution in [0.15, 0.2) is 48.8 Å². The molecule has 3 rings (SSSR count). The molecular formula is C13H9IN3O2-. The summed E-state index contributed by atoms with van der Waals surface area (Å²) in [5, 5.41) is 19.7. The summed E-state index contributed by atoms with van der Waals surface area (Å²) in [6.07, 6.45) is 3.87. The van der Waals surface area contributed by atoms with Crippen LogP contribution in [0.4, 0.5) is 5.69 Å². The summed E-state index contributed by atoms with van der Waals surface area (Å²) in [6, 6.07) is 10.6. The molecule has 0 atom stereocenters. The van der Waals surface area contributed by atoms with Gasteiger partial charge in [-0.25, -0.2) is 4.98 Å². The van der Waals surface area contributed by atoms with Gasteiger partial charge in [-0.05, 0) is 46.9 Å². The fourth-order valence-corrected chi connectivity index (χ4v) is 2.37. The number of anilines is 1. The Morgan fingerprint density at radius 1 is 1.21 bits per heavy atom. The standard InChI is InChI=1S/C13H9IN3O2/c14-10-4-5-13-15-12(8-16(13)7-10)9-2-1-3-11(6-9)17(18)19/h1-8,18H/q-1. The highest BCUT2D eigenvalue weighted by Gasteiger charge is 2.05. The van der Waals surface area contributed by atoms with Gasteiger partial charge < -0.3 is 14.8 Å². The predicted octanol–water partition coefficient (Wildman–Crippen LogP) is 3.30. The molecular weight excluding hydrogens is 357 g/mol. The summed E-state index contributed by atoms with van der Waals surface area (Å²) in [5.74, 6) is 0. The molecule has 0 aliphatic rings. The van der Waals surface area contributed by atoms with Crippen LogP contribution in [0.1, 0.15) is 0 Å². The summed E-state index contributed by atoms with van der Waals surface area (Å²) in [7, 11) is 0. The quantitative estimate of drug-likeness (QED) is 0.559. The van der Waals surface area contributed by atoms with Crippen molar-refractivity contribution in [1.82, 2.24) is 9.38 Å². The molecule has 19 heavy (non-hydrogen) atoms. The van der Waals surface area contributed by atoms with Gasteiger partial charge in [0.05, 0.1) is 11.4 Å². The maximum atomic E-state index is 10.9. The van der Waals surface area contributed by atoms with E-state index in [0.29, 0.717) is 0 Å². The van der Waals surface area contributed by atoms with Crippen molar-refractivity contribution in [3.63, 3.8) is 0 Å². The molecule has 2 aromatic heterocycles. The van der Waals surface area contributed by atoms with Gasteiger partial charge in [0.15, 0.2) is 0 Å². The van der Waals surface area contributed by atoms with E-state index < -0.39 is 0 Å². The Morgan fingerprint density at radius 3 is 2.84 bits per heavy atom. The zero-order chi connectivity index (χ0) is 13.4. The van der Waals surface area contributed by atoms with Crippen LogP contribution in [0.5, 0.6) is 0 Å². The largest absolute Gasteiger partial charge is 0.733 e. The first-order valence-corrected chi connectivity index (χ1v) is 6.62. The number of fused-ring (bicyclic) bond motifs is 1. The number of aromatic nitrogens is 2. The molecule has 0 radical (unpaired) electrons. The lowest BCUT2D eigenvalue weighted by molar-refractivity contribution is 0.296. The molecule has 0 unspecified atom stereocenters. The van der Waals surface area contributed by atoms with Crippen molar-refractivity contribution in [3.05, 3.63) is 57.6 Å². The molecule has 0 bridgehead atoms. The minimum absolute atomic E-state index is 0.151. The average Bonchev–Trinajstić information content (AvgIpc) is 2.81. The smallest absolute Gasteiger partial charge is 0.137 e. The van der Waals surface area contributed by atoms with E-state index in [9.17, 15) is 5.21 Å². The first kappa shape index (κ1) is 12.4. The van der Waals surface area contributed by atoms with E-state index in [-0.39, 0.29) is 10.9 Å². The molecule has 0 aliphatic heterocycles. The van der Waals surface area contributed by atoms with E-state index in [2.05, 4.69) is 27.6 Å². The van der Waals surface area contributed by atoms with E-state index in [0.717, 1.165) is 20.5 Å². The second-order valence-electron chi connectivity index (χ2n) is 4.06. The van der Waals surface area contributed by atoms with Gasteiger partial charge >= 0.3 is 0 Å². The highest BCUT2D eigenvalue weighted by molar-refractivity contribution is 14.1. The molecule has 0 fully saturated rings. The van der Waals surface area contributed by atoms with E-state index in [1.165, 1.54) is 6.07 Å². The monoisotopic (exact) mass is 366 g/mol. The van der Waals surface area contributed by atoms with Crippen molar-refractivity contribution in [1.29, 1.82) is 0 Å². The molecule has 0 saturated heterocycles. The number of rotatable bonds is 2. The summed E-state index contributed by atoms with van der Waals surface area (Å²) in [5.41, 5.74) is 2.56. The zero-order valence-electron chi connectivity index (χ0n) is 9.69. The van der Waals surface area contributed by atoms with Gasteiger partial charge in [-0.3, -0.25) is 5.21 Å². The number of nitrogens with zero attached hydrogens (tertiary/aromatic N) is 3. The Labute approximate surface area is 122 Å². The molecule has 96 valence electrons. The van der Waals surface area contributed by atoms with Gasteiger partial charge in [-0.15, -0.1) is 0 Å². The van der Waals surface area contributed by atoms with Gasteiger partial charge in [0, 0.05) is 21.5 Å². The molecule has 5 nitrogen and oxygen atoms in total. The summed E-state index contributed by atoms with van der Waals surface area (Å²) in [4.78, 5) is 4.48. The fraction of sp³-hybridized carbons (Fsp3) is 0. The van der Waals surface area contributed by atoms with Crippen molar-refractivity contribution in [2.24, 2.45) is 0 Å². The van der Waals surface area contributed by atoms with Gasteiger partial charge in [0.25, 0.3) is 0 Å². The third kappa shape index (κ3) is 2.42. The third-order valence-electron chi connectivity index (χ3n) is 2.78. The van der Waals surface area contributed by atoms with Crippen molar-refractivity contribution < 1.29 is 5.21 Å². The Hall–Kier alpha value is -1.64. The number of pyridine rings is 1. The number of imidazole rings is 1. The molecule has 3 aromatic rings. The van der Waals surface area contributed by atoms with Crippen LogP contribution in [-0.2, 0) is 0 Å². The fourth-order valence-electron chi connectivity index (χ4n) is 1.89. The lowest BCUT2D eigenvalue weighted by Crippen LogP contribution is -2.06. The lowest BCUT2D eigenvalue weighted by Gasteiger charge is -2.21. The van der Waals surface area contributed by atoms with E-state index in [1.807, 2.05) is 35.0 Å². The van der Waals surface area contributed by atoms with Crippen LogP contribution in [0.25, 0.3) is 16.9 Å².